The normalized spacial score (nSPS) is 46.5. The van der Waals surface area contributed by atoms with Gasteiger partial charge in [-0.15, -0.1) is 0 Å². The van der Waals surface area contributed by atoms with Gasteiger partial charge in [-0.1, -0.05) is 15.9 Å². The number of hydrogen-bond acceptors (Lipinski definition) is 3. The van der Waals surface area contributed by atoms with Crippen molar-refractivity contribution in [2.24, 2.45) is 11.8 Å². The Balaban J connectivity index is 2.24. The quantitative estimate of drug-likeness (QED) is 0.500. The van der Waals surface area contributed by atoms with Crippen molar-refractivity contribution in [2.75, 3.05) is 6.61 Å². The molecule has 2 aliphatic rings. The number of cyclic esters (lactones) is 1. The van der Waals surface area contributed by atoms with Crippen molar-refractivity contribution in [1.82, 2.24) is 0 Å². The Morgan fingerprint density at radius 2 is 2.45 bits per heavy atom. The van der Waals surface area contributed by atoms with Crippen molar-refractivity contribution in [3.8, 4) is 0 Å². The Morgan fingerprint density at radius 3 is 2.73 bits per heavy atom. The predicted molar refractivity (Wildman–Crippen MR) is 37.2 cm³/mol. The monoisotopic (exact) mass is 220 g/mol. The van der Waals surface area contributed by atoms with E-state index < -0.39 is 28.1 Å². The van der Waals surface area contributed by atoms with Crippen LogP contribution in [-0.4, -0.2) is 28.0 Å². The third-order valence-electron chi connectivity index (χ3n) is 2.21. The van der Waals surface area contributed by atoms with Gasteiger partial charge in [0.2, 0.25) is 0 Å². The molecule has 2 rings (SSSR count). The van der Waals surface area contributed by atoms with Gasteiger partial charge in [-0.3, -0.25) is 9.59 Å². The Hall–Kier alpha value is -0.580. The molecule has 0 radical (unpaired) electrons. The number of rotatable bonds is 1. The summed E-state index contributed by atoms with van der Waals surface area (Å²) in [5.41, 5.74) is 0. The minimum Gasteiger partial charge on any atom is -0.481 e. The number of alkyl halides is 1. The number of ether oxygens (including phenoxy) is 1. The Labute approximate surface area is 70.7 Å². The molecule has 0 aromatic heterocycles. The highest BCUT2D eigenvalue weighted by atomic mass is 79.9. The van der Waals surface area contributed by atoms with E-state index in [1.54, 1.807) is 0 Å². The molecule has 1 heterocycles. The van der Waals surface area contributed by atoms with Crippen molar-refractivity contribution in [1.29, 1.82) is 0 Å². The lowest BCUT2D eigenvalue weighted by atomic mass is 10.3. The first-order valence-electron chi connectivity index (χ1n) is 3.16. The Bertz CT molecular complexity index is 245. The first kappa shape index (κ1) is 7.09. The molecule has 0 amide bonds. The van der Waals surface area contributed by atoms with Crippen LogP contribution in [0.25, 0.3) is 0 Å². The van der Waals surface area contributed by atoms with Crippen molar-refractivity contribution in [3.05, 3.63) is 0 Å². The van der Waals surface area contributed by atoms with Crippen LogP contribution in [0.2, 0.25) is 0 Å². The van der Waals surface area contributed by atoms with Crippen molar-refractivity contribution in [3.63, 3.8) is 0 Å². The molecule has 1 aliphatic carbocycles. The number of aliphatic carboxylic acids is 1. The first-order valence-corrected chi connectivity index (χ1v) is 3.95. The minimum atomic E-state index is -0.927. The predicted octanol–water partition coefficient (Wildman–Crippen LogP) is 0.00750. The van der Waals surface area contributed by atoms with Gasteiger partial charge in [-0.2, -0.15) is 0 Å². The molecule has 4 nitrogen and oxygen atoms in total. The topological polar surface area (TPSA) is 63.6 Å². The molecule has 0 bridgehead atoms. The van der Waals surface area contributed by atoms with Crippen LogP contribution in [0, 0.1) is 11.8 Å². The molecule has 1 saturated heterocycles. The van der Waals surface area contributed by atoms with Crippen LogP contribution < -0.4 is 0 Å². The van der Waals surface area contributed by atoms with E-state index >= 15 is 0 Å². The molecule has 0 aromatic carbocycles. The molecule has 3 atom stereocenters. The molecule has 1 aliphatic heterocycles. The molecular weight excluding hydrogens is 216 g/mol. The summed E-state index contributed by atoms with van der Waals surface area (Å²) in [6, 6.07) is 0. The Morgan fingerprint density at radius 1 is 1.82 bits per heavy atom. The summed E-state index contributed by atoms with van der Waals surface area (Å²) in [6.45, 7) is 0.188. The fourth-order valence-electron chi connectivity index (χ4n) is 1.54. The number of carboxylic acid groups (broad SMARTS) is 1. The number of halogens is 1. The lowest BCUT2D eigenvalue weighted by Gasteiger charge is -2.02. The number of fused-ring (bicyclic) bond motifs is 1. The zero-order valence-electron chi connectivity index (χ0n) is 5.41. The van der Waals surface area contributed by atoms with Gasteiger partial charge >= 0.3 is 11.9 Å². The van der Waals surface area contributed by atoms with Gasteiger partial charge < -0.3 is 9.84 Å². The highest BCUT2D eigenvalue weighted by Crippen LogP contribution is 2.61. The van der Waals surface area contributed by atoms with Crippen LogP contribution in [0.4, 0.5) is 0 Å². The molecule has 0 spiro atoms. The van der Waals surface area contributed by atoms with E-state index in [-0.39, 0.29) is 6.61 Å². The smallest absolute Gasteiger partial charge is 0.311 e. The second kappa shape index (κ2) is 1.77. The van der Waals surface area contributed by atoms with E-state index in [0.29, 0.717) is 0 Å². The number of carbonyl (C=O) groups is 2. The molecule has 11 heavy (non-hydrogen) atoms. The number of esters is 1. The van der Waals surface area contributed by atoms with E-state index in [4.69, 9.17) is 5.11 Å². The van der Waals surface area contributed by atoms with Gasteiger partial charge in [0, 0.05) is 0 Å². The highest BCUT2D eigenvalue weighted by molar-refractivity contribution is 9.10. The van der Waals surface area contributed by atoms with E-state index in [0.717, 1.165) is 0 Å². The average Bonchev–Trinajstić information content (AvgIpc) is 2.43. The van der Waals surface area contributed by atoms with Crippen LogP contribution >= 0.6 is 15.9 Å². The van der Waals surface area contributed by atoms with Gasteiger partial charge in [-0.25, -0.2) is 0 Å². The third-order valence-corrected chi connectivity index (χ3v) is 3.43. The van der Waals surface area contributed by atoms with Crippen LogP contribution in [0.3, 0.4) is 0 Å². The van der Waals surface area contributed by atoms with Crippen LogP contribution in [0.5, 0.6) is 0 Å². The lowest BCUT2D eigenvalue weighted by molar-refractivity contribution is -0.148. The van der Waals surface area contributed by atoms with Crippen LogP contribution in [-0.2, 0) is 14.3 Å². The highest BCUT2D eigenvalue weighted by Gasteiger charge is 2.75. The summed E-state index contributed by atoms with van der Waals surface area (Å²) in [7, 11) is 0. The van der Waals surface area contributed by atoms with Crippen molar-refractivity contribution >= 4 is 27.9 Å². The lowest BCUT2D eigenvalue weighted by Crippen LogP contribution is -2.16. The maximum Gasteiger partial charge on any atom is 0.311 e. The van der Waals surface area contributed by atoms with Crippen LogP contribution in [0.1, 0.15) is 0 Å². The zero-order chi connectivity index (χ0) is 8.22. The van der Waals surface area contributed by atoms with Crippen molar-refractivity contribution < 1.29 is 19.4 Å². The second-order valence-corrected chi connectivity index (χ2v) is 4.30. The zero-order valence-corrected chi connectivity index (χ0v) is 7.00. The van der Waals surface area contributed by atoms with Crippen LogP contribution in [0.15, 0.2) is 0 Å². The second-order valence-electron chi connectivity index (χ2n) is 2.83. The molecule has 0 unspecified atom stereocenters. The van der Waals surface area contributed by atoms with E-state index in [2.05, 4.69) is 20.7 Å². The summed E-state index contributed by atoms with van der Waals surface area (Å²) >= 11 is 3.20. The largest absolute Gasteiger partial charge is 0.481 e. The maximum atomic E-state index is 10.8. The molecular formula is C6H5BrO4. The molecule has 5 heteroatoms. The summed E-state index contributed by atoms with van der Waals surface area (Å²) in [5.74, 6) is -2.36. The van der Waals surface area contributed by atoms with Gasteiger partial charge in [0.1, 0.15) is 6.61 Å². The number of carboxylic acids is 1. The molecule has 60 valence electrons. The van der Waals surface area contributed by atoms with E-state index in [1.807, 2.05) is 0 Å². The fourth-order valence-corrected chi connectivity index (χ4v) is 2.43. The standard InChI is InChI=1S/C6H5BrO4/c7-6-1-11-5(10)3(6)2(6)4(8)9/h2-3H,1H2,(H,8,9)/t2-,3-,6+/m1/s1. The third kappa shape index (κ3) is 0.690. The SMILES string of the molecule is O=C(O)[C@H]1[C@@H]2C(=O)OC[C@]12Br. The molecule has 0 aromatic rings. The summed E-state index contributed by atoms with van der Waals surface area (Å²) < 4.78 is 4.06. The van der Waals surface area contributed by atoms with Gasteiger partial charge in [0.05, 0.1) is 16.2 Å². The van der Waals surface area contributed by atoms with Gasteiger partial charge in [0.15, 0.2) is 0 Å². The van der Waals surface area contributed by atoms with Gasteiger partial charge in [0.25, 0.3) is 0 Å². The van der Waals surface area contributed by atoms with Crippen molar-refractivity contribution in [2.45, 2.75) is 4.32 Å². The molecule has 2 fully saturated rings. The fraction of sp³-hybridized carbons (Fsp3) is 0.667. The average molecular weight is 221 g/mol. The summed E-state index contributed by atoms with van der Waals surface area (Å²) in [6.07, 6.45) is 0. The molecule has 1 saturated carbocycles. The number of hydrogen-bond donors (Lipinski definition) is 1. The van der Waals surface area contributed by atoms with E-state index in [1.165, 1.54) is 0 Å². The number of carbonyl (C=O) groups excluding carboxylic acids is 1. The van der Waals surface area contributed by atoms with E-state index in [9.17, 15) is 9.59 Å². The molecule has 1 N–H and O–H groups in total. The summed E-state index contributed by atoms with van der Waals surface area (Å²) in [4.78, 5) is 21.3. The first-order chi connectivity index (χ1) is 5.07. The summed E-state index contributed by atoms with van der Waals surface area (Å²) in [5, 5.41) is 8.60. The Kier molecular flexibility index (Phi) is 1.14. The maximum absolute atomic E-state index is 10.8. The minimum absolute atomic E-state index is 0.188. The van der Waals surface area contributed by atoms with Gasteiger partial charge in [-0.05, 0) is 0 Å².